The Morgan fingerprint density at radius 3 is 2.62 bits per heavy atom. The molecule has 1 aliphatic rings. The van der Waals surface area contributed by atoms with E-state index in [-0.39, 0.29) is 6.61 Å². The Bertz CT molecular complexity index is 832. The van der Waals surface area contributed by atoms with Crippen LogP contribution in [0.4, 0.5) is 0 Å². The summed E-state index contributed by atoms with van der Waals surface area (Å²) >= 11 is 0. The van der Waals surface area contributed by atoms with Gasteiger partial charge < -0.3 is 20.0 Å². The monoisotopic (exact) mass is 354 g/mol. The van der Waals surface area contributed by atoms with Crippen molar-refractivity contribution >= 4 is 11.3 Å². The highest BCUT2D eigenvalue weighted by molar-refractivity contribution is 6.04. The van der Waals surface area contributed by atoms with Crippen molar-refractivity contribution in [2.75, 3.05) is 7.05 Å². The smallest absolute Gasteiger partial charge is 0.137 e. The van der Waals surface area contributed by atoms with E-state index in [4.69, 9.17) is 9.62 Å². The summed E-state index contributed by atoms with van der Waals surface area (Å²) in [6.45, 7) is 7.21. The highest BCUT2D eigenvalue weighted by atomic mass is 16.4. The minimum absolute atomic E-state index is 0.115. The van der Waals surface area contributed by atoms with E-state index in [2.05, 4.69) is 23.1 Å². The van der Waals surface area contributed by atoms with Gasteiger partial charge in [0.15, 0.2) is 0 Å². The summed E-state index contributed by atoms with van der Waals surface area (Å²) in [4.78, 5) is 0. The fraction of sp³-hybridized carbons (Fsp3) is 0.286. The van der Waals surface area contributed by atoms with Gasteiger partial charge in [0, 0.05) is 18.2 Å². The number of hydrogen-bond donors (Lipinski definition) is 3. The molecular formula is C21H26N2O3. The van der Waals surface area contributed by atoms with Gasteiger partial charge in [0.25, 0.3) is 0 Å². The maximum Gasteiger partial charge on any atom is 0.137 e. The Hall–Kier alpha value is -2.79. The van der Waals surface area contributed by atoms with Gasteiger partial charge in [0.05, 0.1) is 5.71 Å². The van der Waals surface area contributed by atoms with E-state index in [0.717, 1.165) is 46.6 Å². The molecular weight excluding hydrogens is 328 g/mol. The number of furan rings is 1. The number of allylic oxidation sites excluding steroid dienone is 2. The summed E-state index contributed by atoms with van der Waals surface area (Å²) in [5.74, 6) is 1.35. The first-order valence-corrected chi connectivity index (χ1v) is 8.59. The summed E-state index contributed by atoms with van der Waals surface area (Å²) in [5, 5.41) is 24.4. The van der Waals surface area contributed by atoms with Crippen LogP contribution in [-0.4, -0.2) is 23.1 Å². The number of aryl methyl sites for hydroxylation is 1. The van der Waals surface area contributed by atoms with Crippen molar-refractivity contribution in [3.8, 4) is 11.1 Å². The molecule has 0 amide bonds. The van der Waals surface area contributed by atoms with Crippen LogP contribution in [0.25, 0.3) is 16.7 Å². The standard InChI is InChI=1S/C18H19NO3.C3H7N/c1-3-11(2)18-16(9-14(10-20)22-18)13-4-6-15-12(8-13)5-7-17(15)19-21;1-3-4-2/h3-4,6,8-9,20-21H,5,7,10H2,1-2H3;3-4H,1H2,2H3/b11-3+,19-17+;. The second kappa shape index (κ2) is 9.06. The fourth-order valence-corrected chi connectivity index (χ4v) is 2.90. The lowest BCUT2D eigenvalue weighted by Crippen LogP contribution is -1.93. The van der Waals surface area contributed by atoms with Gasteiger partial charge in [-0.05, 0) is 55.7 Å². The van der Waals surface area contributed by atoms with Crippen LogP contribution >= 0.6 is 0 Å². The molecule has 1 aromatic heterocycles. The van der Waals surface area contributed by atoms with Crippen LogP contribution < -0.4 is 5.32 Å². The number of oxime groups is 1. The molecule has 0 saturated heterocycles. The van der Waals surface area contributed by atoms with Gasteiger partial charge in [-0.1, -0.05) is 36.0 Å². The lowest BCUT2D eigenvalue weighted by Gasteiger charge is -2.06. The van der Waals surface area contributed by atoms with E-state index in [1.807, 2.05) is 45.2 Å². The molecule has 26 heavy (non-hydrogen) atoms. The Morgan fingerprint density at radius 1 is 1.31 bits per heavy atom. The number of aliphatic hydroxyl groups excluding tert-OH is 1. The summed E-state index contributed by atoms with van der Waals surface area (Å²) in [6.07, 6.45) is 5.27. The molecule has 0 fully saturated rings. The molecule has 2 aromatic rings. The van der Waals surface area contributed by atoms with Crippen molar-refractivity contribution in [3.05, 3.63) is 65.8 Å². The Kier molecular flexibility index (Phi) is 6.81. The molecule has 3 rings (SSSR count). The quantitative estimate of drug-likeness (QED) is 0.564. The minimum Gasteiger partial charge on any atom is -0.458 e. The fourth-order valence-electron chi connectivity index (χ4n) is 2.90. The first-order chi connectivity index (χ1) is 12.6. The third-order valence-electron chi connectivity index (χ3n) is 4.41. The van der Waals surface area contributed by atoms with Crippen LogP contribution in [0.3, 0.4) is 0 Å². The zero-order valence-electron chi connectivity index (χ0n) is 15.5. The summed E-state index contributed by atoms with van der Waals surface area (Å²) in [7, 11) is 1.81. The number of rotatable bonds is 4. The van der Waals surface area contributed by atoms with Crippen molar-refractivity contribution in [3.63, 3.8) is 0 Å². The van der Waals surface area contributed by atoms with Gasteiger partial charge in [-0.2, -0.15) is 0 Å². The van der Waals surface area contributed by atoms with Gasteiger partial charge in [-0.25, -0.2) is 0 Å². The van der Waals surface area contributed by atoms with Crippen LogP contribution in [0.2, 0.25) is 0 Å². The van der Waals surface area contributed by atoms with E-state index >= 15 is 0 Å². The topological polar surface area (TPSA) is 78.0 Å². The molecule has 138 valence electrons. The molecule has 0 atom stereocenters. The maximum absolute atomic E-state index is 9.34. The van der Waals surface area contributed by atoms with E-state index in [1.165, 1.54) is 5.56 Å². The maximum atomic E-state index is 9.34. The predicted molar refractivity (Wildman–Crippen MR) is 105 cm³/mol. The summed E-state index contributed by atoms with van der Waals surface area (Å²) in [5.41, 5.74) is 6.01. The number of nitrogens with one attached hydrogen (secondary N) is 1. The molecule has 0 saturated carbocycles. The molecule has 5 nitrogen and oxygen atoms in total. The van der Waals surface area contributed by atoms with Gasteiger partial charge in [-0.15, -0.1) is 0 Å². The molecule has 3 N–H and O–H groups in total. The van der Waals surface area contributed by atoms with Crippen LogP contribution in [0.1, 0.15) is 42.9 Å². The molecule has 1 aromatic carbocycles. The van der Waals surface area contributed by atoms with Crippen molar-refractivity contribution in [1.29, 1.82) is 0 Å². The number of benzene rings is 1. The second-order valence-electron chi connectivity index (χ2n) is 6.00. The van der Waals surface area contributed by atoms with Gasteiger partial charge >= 0.3 is 0 Å². The van der Waals surface area contributed by atoms with Gasteiger partial charge in [0.1, 0.15) is 18.1 Å². The minimum atomic E-state index is -0.115. The Balaban J connectivity index is 0.000000552. The normalized spacial score (nSPS) is 14.6. The molecule has 1 aliphatic carbocycles. The van der Waals surface area contributed by atoms with Crippen LogP contribution in [0, 0.1) is 0 Å². The van der Waals surface area contributed by atoms with Crippen molar-refractivity contribution in [2.45, 2.75) is 33.3 Å². The van der Waals surface area contributed by atoms with Crippen molar-refractivity contribution in [1.82, 2.24) is 5.32 Å². The Morgan fingerprint density at radius 2 is 2.04 bits per heavy atom. The van der Waals surface area contributed by atoms with Crippen molar-refractivity contribution < 1.29 is 14.7 Å². The third-order valence-corrected chi connectivity index (χ3v) is 4.41. The summed E-state index contributed by atoms with van der Waals surface area (Å²) in [6, 6.07) is 8.01. The van der Waals surface area contributed by atoms with Crippen LogP contribution in [0.15, 0.2) is 52.7 Å². The highest BCUT2D eigenvalue weighted by Crippen LogP contribution is 2.35. The van der Waals surface area contributed by atoms with Crippen LogP contribution in [-0.2, 0) is 13.0 Å². The van der Waals surface area contributed by atoms with Crippen LogP contribution in [0.5, 0.6) is 0 Å². The summed E-state index contributed by atoms with van der Waals surface area (Å²) < 4.78 is 5.75. The average molecular weight is 354 g/mol. The van der Waals surface area contributed by atoms with E-state index in [1.54, 1.807) is 6.20 Å². The lowest BCUT2D eigenvalue weighted by atomic mass is 9.98. The molecule has 0 radical (unpaired) electrons. The van der Waals surface area contributed by atoms with E-state index in [9.17, 15) is 5.11 Å². The molecule has 1 heterocycles. The zero-order valence-corrected chi connectivity index (χ0v) is 15.5. The first kappa shape index (κ1) is 19.5. The van der Waals surface area contributed by atoms with Gasteiger partial charge in [0.2, 0.25) is 0 Å². The molecule has 0 aliphatic heterocycles. The largest absolute Gasteiger partial charge is 0.458 e. The molecule has 0 unspecified atom stereocenters. The van der Waals surface area contributed by atoms with E-state index < -0.39 is 0 Å². The zero-order chi connectivity index (χ0) is 19.1. The number of nitrogens with zero attached hydrogens (tertiary/aromatic N) is 1. The molecule has 0 spiro atoms. The van der Waals surface area contributed by atoms with Gasteiger partial charge in [-0.3, -0.25) is 0 Å². The number of aliphatic hydroxyl groups is 1. The SMILES string of the molecule is C/C=C(\C)c1oc(CO)cc1-c1ccc2c(c1)CC/C2=N\O.C=CNC. The number of fused-ring (bicyclic) bond motifs is 1. The van der Waals surface area contributed by atoms with E-state index in [0.29, 0.717) is 5.76 Å². The first-order valence-electron chi connectivity index (χ1n) is 8.59. The average Bonchev–Trinajstić information content (AvgIpc) is 3.30. The predicted octanol–water partition coefficient (Wildman–Crippen LogP) is 4.34. The second-order valence-corrected chi connectivity index (χ2v) is 6.00. The molecule has 5 heteroatoms. The third kappa shape index (κ3) is 4.06. The Labute approximate surface area is 154 Å². The molecule has 0 bridgehead atoms. The highest BCUT2D eigenvalue weighted by Gasteiger charge is 2.20. The lowest BCUT2D eigenvalue weighted by molar-refractivity contribution is 0.246. The number of hydrogen-bond acceptors (Lipinski definition) is 5. The van der Waals surface area contributed by atoms with Crippen molar-refractivity contribution in [2.24, 2.45) is 5.16 Å².